The van der Waals surface area contributed by atoms with Crippen molar-refractivity contribution in [1.82, 2.24) is 0 Å². The Balaban J connectivity index is 2.74. The van der Waals surface area contributed by atoms with E-state index in [1.54, 1.807) is 0 Å². The predicted octanol–water partition coefficient (Wildman–Crippen LogP) is 2.87. The maximum atomic E-state index is 5.64. The maximum Gasteiger partial charge on any atom is 0.230 e. The summed E-state index contributed by atoms with van der Waals surface area (Å²) in [5.74, 6) is 1.05. The molecule has 0 N–H and O–H groups in total. The Morgan fingerprint density at radius 3 is 2.17 bits per heavy atom. The van der Waals surface area contributed by atoms with Gasteiger partial charge in [-0.2, -0.15) is 0 Å². The topological polar surface area (TPSA) is 24.7 Å². The highest BCUT2D eigenvalue weighted by atomic mass is 35.6. The van der Waals surface area contributed by atoms with Gasteiger partial charge in [-0.3, -0.25) is 4.99 Å². The number of hydrogen-bond donors (Lipinski definition) is 0. The molecule has 2 nitrogen and oxygen atoms in total. The Morgan fingerprint density at radius 2 is 1.92 bits per heavy atom. The smallest absolute Gasteiger partial charge is 0.230 e. The largest absolute Gasteiger partial charge is 0.264 e. The van der Waals surface area contributed by atoms with E-state index < -0.39 is 3.79 Å². The van der Waals surface area contributed by atoms with Gasteiger partial charge in [0.15, 0.2) is 0 Å². The molecule has 0 radical (unpaired) electrons. The van der Waals surface area contributed by atoms with E-state index in [1.165, 1.54) is 0 Å². The van der Waals surface area contributed by atoms with Crippen LogP contribution in [0.15, 0.2) is 9.98 Å². The maximum absolute atomic E-state index is 5.64. The molecule has 0 aliphatic carbocycles. The van der Waals surface area contributed by atoms with E-state index >= 15 is 0 Å². The van der Waals surface area contributed by atoms with Crippen LogP contribution in [0.1, 0.15) is 13.8 Å². The van der Waals surface area contributed by atoms with E-state index in [9.17, 15) is 0 Å². The molecular weight excluding hydrogens is 218 g/mol. The van der Waals surface area contributed by atoms with Crippen molar-refractivity contribution >= 4 is 46.4 Å². The van der Waals surface area contributed by atoms with Gasteiger partial charge in [0.05, 0.1) is 12.3 Å². The van der Waals surface area contributed by atoms with Crippen molar-refractivity contribution in [2.24, 2.45) is 15.9 Å². The van der Waals surface area contributed by atoms with Gasteiger partial charge in [-0.05, 0) is 0 Å². The van der Waals surface area contributed by atoms with Crippen LogP contribution in [0, 0.1) is 5.92 Å². The van der Waals surface area contributed by atoms with E-state index in [0.717, 1.165) is 5.84 Å². The first-order chi connectivity index (χ1) is 5.41. The van der Waals surface area contributed by atoms with Crippen molar-refractivity contribution in [3.8, 4) is 0 Å². The first-order valence-corrected chi connectivity index (χ1v) is 4.73. The second kappa shape index (κ2) is 3.52. The minimum atomic E-state index is -1.40. The fraction of sp³-hybridized carbons (Fsp3) is 0.714. The van der Waals surface area contributed by atoms with Crippen LogP contribution in [0.5, 0.6) is 0 Å². The van der Waals surface area contributed by atoms with Crippen LogP contribution in [0.25, 0.3) is 0 Å². The number of amidine groups is 1. The molecule has 0 saturated heterocycles. The minimum Gasteiger partial charge on any atom is -0.264 e. The molecule has 0 bridgehead atoms. The summed E-state index contributed by atoms with van der Waals surface area (Å²) in [6, 6.07) is 0. The number of rotatable bonds is 1. The summed E-state index contributed by atoms with van der Waals surface area (Å²) < 4.78 is -1.40. The summed E-state index contributed by atoms with van der Waals surface area (Å²) in [6.07, 6.45) is 0. The number of hydrogen-bond acceptors (Lipinski definition) is 2. The van der Waals surface area contributed by atoms with Gasteiger partial charge < -0.3 is 0 Å². The number of nitrogens with zero attached hydrogens (tertiary/aromatic N) is 2. The van der Waals surface area contributed by atoms with E-state index in [4.69, 9.17) is 34.8 Å². The fourth-order valence-corrected chi connectivity index (χ4v) is 1.14. The number of aliphatic imine (C=N–C) groups is 2. The first-order valence-electron chi connectivity index (χ1n) is 3.60. The molecule has 0 atom stereocenters. The molecular formula is C7H9Cl3N2. The van der Waals surface area contributed by atoms with Gasteiger partial charge >= 0.3 is 0 Å². The van der Waals surface area contributed by atoms with Gasteiger partial charge in [0.25, 0.3) is 0 Å². The lowest BCUT2D eigenvalue weighted by Crippen LogP contribution is -2.20. The second-order valence-corrected chi connectivity index (χ2v) is 5.17. The highest BCUT2D eigenvalue weighted by molar-refractivity contribution is 6.77. The normalized spacial score (nSPS) is 18.2. The predicted molar refractivity (Wildman–Crippen MR) is 54.9 cm³/mol. The third-order valence-corrected chi connectivity index (χ3v) is 2.14. The average Bonchev–Trinajstić information content (AvgIpc) is 2.30. The Bertz CT molecular complexity index is 238. The number of halogens is 3. The summed E-state index contributed by atoms with van der Waals surface area (Å²) in [6.45, 7) is 4.41. The number of alkyl halides is 3. The molecule has 0 aromatic heterocycles. The van der Waals surface area contributed by atoms with Crippen LogP contribution in [0.3, 0.4) is 0 Å². The minimum absolute atomic E-state index is 0.287. The average molecular weight is 228 g/mol. The molecule has 0 saturated carbocycles. The van der Waals surface area contributed by atoms with E-state index in [-0.39, 0.29) is 5.92 Å². The highest BCUT2D eigenvalue weighted by Gasteiger charge is 2.30. The molecule has 1 aliphatic heterocycles. The molecule has 12 heavy (non-hydrogen) atoms. The van der Waals surface area contributed by atoms with Crippen molar-refractivity contribution in [3.63, 3.8) is 0 Å². The summed E-state index contributed by atoms with van der Waals surface area (Å²) in [7, 11) is 0. The Kier molecular flexibility index (Phi) is 3.02. The van der Waals surface area contributed by atoms with Crippen LogP contribution in [-0.2, 0) is 0 Å². The van der Waals surface area contributed by atoms with Crippen LogP contribution in [0.2, 0.25) is 0 Å². The standard InChI is InChI=1S/C7H9Cl3N2/c1-4(2)6-11-3-5(12-6)7(8,9)10/h4H,3H2,1-2H3. The monoisotopic (exact) mass is 226 g/mol. The fourth-order valence-electron chi connectivity index (χ4n) is 0.830. The van der Waals surface area contributed by atoms with Crippen LogP contribution in [0.4, 0.5) is 0 Å². The van der Waals surface area contributed by atoms with E-state index in [1.807, 2.05) is 13.8 Å². The van der Waals surface area contributed by atoms with E-state index in [2.05, 4.69) is 9.98 Å². The molecule has 0 spiro atoms. The lowest BCUT2D eigenvalue weighted by molar-refractivity contribution is 0.874. The molecule has 0 unspecified atom stereocenters. The Labute approximate surface area is 86.6 Å². The zero-order valence-corrected chi connectivity index (χ0v) is 9.08. The SMILES string of the molecule is CC(C)C1=NCC(C(Cl)(Cl)Cl)=N1. The summed E-state index contributed by atoms with van der Waals surface area (Å²) in [5.41, 5.74) is 0.510. The second-order valence-electron chi connectivity index (χ2n) is 2.89. The van der Waals surface area contributed by atoms with Crippen molar-refractivity contribution < 1.29 is 0 Å². The van der Waals surface area contributed by atoms with Crippen LogP contribution < -0.4 is 0 Å². The van der Waals surface area contributed by atoms with Crippen LogP contribution >= 0.6 is 34.8 Å². The lowest BCUT2D eigenvalue weighted by Gasteiger charge is -2.08. The van der Waals surface area contributed by atoms with Crippen molar-refractivity contribution in [2.45, 2.75) is 17.6 Å². The molecule has 0 amide bonds. The van der Waals surface area contributed by atoms with Crippen LogP contribution in [-0.4, -0.2) is 21.9 Å². The first kappa shape index (κ1) is 10.3. The van der Waals surface area contributed by atoms with Gasteiger partial charge in [-0.15, -0.1) is 0 Å². The molecule has 68 valence electrons. The lowest BCUT2D eigenvalue weighted by atomic mass is 10.2. The van der Waals surface area contributed by atoms with E-state index in [0.29, 0.717) is 12.3 Å². The highest BCUT2D eigenvalue weighted by Crippen LogP contribution is 2.30. The summed E-state index contributed by atoms with van der Waals surface area (Å²) in [4.78, 5) is 8.27. The zero-order chi connectivity index (χ0) is 9.35. The Hall–Kier alpha value is 0.210. The third kappa shape index (κ3) is 2.35. The quantitative estimate of drug-likeness (QED) is 0.616. The molecule has 0 aromatic rings. The molecule has 0 aromatic carbocycles. The molecule has 5 heteroatoms. The molecule has 1 heterocycles. The van der Waals surface area contributed by atoms with Gasteiger partial charge in [-0.1, -0.05) is 48.7 Å². The van der Waals surface area contributed by atoms with Gasteiger partial charge in [0.2, 0.25) is 3.79 Å². The van der Waals surface area contributed by atoms with Crippen molar-refractivity contribution in [2.75, 3.05) is 6.54 Å². The molecule has 1 aliphatic rings. The molecule has 1 rings (SSSR count). The van der Waals surface area contributed by atoms with Gasteiger partial charge in [0.1, 0.15) is 5.84 Å². The summed E-state index contributed by atoms with van der Waals surface area (Å²) >= 11 is 16.9. The zero-order valence-electron chi connectivity index (χ0n) is 6.81. The Morgan fingerprint density at radius 1 is 1.33 bits per heavy atom. The van der Waals surface area contributed by atoms with Crippen molar-refractivity contribution in [3.05, 3.63) is 0 Å². The molecule has 0 fully saturated rings. The van der Waals surface area contributed by atoms with Crippen molar-refractivity contribution in [1.29, 1.82) is 0 Å². The van der Waals surface area contributed by atoms with Gasteiger partial charge in [0, 0.05) is 5.92 Å². The third-order valence-electron chi connectivity index (χ3n) is 1.48. The summed E-state index contributed by atoms with van der Waals surface area (Å²) in [5, 5.41) is 0. The van der Waals surface area contributed by atoms with Gasteiger partial charge in [-0.25, -0.2) is 4.99 Å².